The Kier molecular flexibility index (Phi) is 4.44. The second-order valence-corrected chi connectivity index (χ2v) is 4.44. The summed E-state index contributed by atoms with van der Waals surface area (Å²) in [5.41, 5.74) is 1.00. The van der Waals surface area contributed by atoms with Crippen molar-refractivity contribution in [3.8, 4) is 0 Å². The third-order valence-electron chi connectivity index (χ3n) is 3.10. The minimum atomic E-state index is 0.681. The highest BCUT2D eigenvalue weighted by atomic mass is 16.3. The van der Waals surface area contributed by atoms with Crippen molar-refractivity contribution in [3.05, 3.63) is 42.0 Å². The topological polar surface area (TPSA) is 41.3 Å². The predicted octanol–water partition coefficient (Wildman–Crippen LogP) is 3.44. The first kappa shape index (κ1) is 13.5. The van der Waals surface area contributed by atoms with Gasteiger partial charge in [0.1, 0.15) is 17.3 Å². The first-order valence-corrected chi connectivity index (χ1v) is 6.73. The van der Waals surface area contributed by atoms with Crippen molar-refractivity contribution in [2.24, 2.45) is 0 Å². The number of aromatic nitrogens is 1. The molecule has 0 unspecified atom stereocenters. The van der Waals surface area contributed by atoms with Crippen molar-refractivity contribution in [1.29, 1.82) is 0 Å². The normalized spacial score (nSPS) is 10.5. The summed E-state index contributed by atoms with van der Waals surface area (Å²) < 4.78 is 5.51. The second-order valence-electron chi connectivity index (χ2n) is 4.44. The maximum atomic E-state index is 5.51. The second kappa shape index (κ2) is 6.27. The van der Waals surface area contributed by atoms with Crippen LogP contribution in [0, 0.1) is 6.92 Å². The number of furan rings is 1. The zero-order chi connectivity index (χ0) is 13.7. The number of anilines is 2. The van der Waals surface area contributed by atoms with E-state index in [2.05, 4.69) is 35.1 Å². The Balaban J connectivity index is 1.95. The monoisotopic (exact) mass is 259 g/mol. The lowest BCUT2D eigenvalue weighted by Gasteiger charge is -2.19. The minimum absolute atomic E-state index is 0.681. The molecule has 19 heavy (non-hydrogen) atoms. The van der Waals surface area contributed by atoms with Crippen LogP contribution < -0.4 is 10.2 Å². The summed E-state index contributed by atoms with van der Waals surface area (Å²) in [6.07, 6.45) is 1.86. The molecular formula is C15H21N3O. The molecule has 2 rings (SSSR count). The van der Waals surface area contributed by atoms with Crippen molar-refractivity contribution < 1.29 is 4.42 Å². The van der Waals surface area contributed by atoms with E-state index in [1.54, 1.807) is 0 Å². The van der Waals surface area contributed by atoms with E-state index in [-0.39, 0.29) is 0 Å². The molecule has 4 heteroatoms. The zero-order valence-corrected chi connectivity index (χ0v) is 11.8. The summed E-state index contributed by atoms with van der Waals surface area (Å²) >= 11 is 0. The van der Waals surface area contributed by atoms with E-state index in [0.29, 0.717) is 6.54 Å². The van der Waals surface area contributed by atoms with Crippen LogP contribution in [-0.2, 0) is 6.54 Å². The van der Waals surface area contributed by atoms with Crippen LogP contribution in [0.3, 0.4) is 0 Å². The first-order valence-electron chi connectivity index (χ1n) is 6.73. The summed E-state index contributed by atoms with van der Waals surface area (Å²) in [4.78, 5) is 6.69. The molecule has 0 saturated heterocycles. The fraction of sp³-hybridized carbons (Fsp3) is 0.400. The van der Waals surface area contributed by atoms with Crippen LogP contribution in [0.4, 0.5) is 11.5 Å². The molecule has 0 aliphatic heterocycles. The number of hydrogen-bond acceptors (Lipinski definition) is 4. The molecule has 0 bridgehead atoms. The summed E-state index contributed by atoms with van der Waals surface area (Å²) in [5, 5.41) is 3.30. The number of rotatable bonds is 6. The summed E-state index contributed by atoms with van der Waals surface area (Å²) in [7, 11) is 0. The SMILES string of the molecule is CCN(CC)c1ccc(NCc2ccc(C)o2)cn1. The quantitative estimate of drug-likeness (QED) is 0.862. The van der Waals surface area contributed by atoms with Gasteiger partial charge in [0.05, 0.1) is 18.4 Å². The lowest BCUT2D eigenvalue weighted by atomic mass is 10.3. The number of nitrogens with zero attached hydrogens (tertiary/aromatic N) is 2. The van der Waals surface area contributed by atoms with Gasteiger partial charge in [0.2, 0.25) is 0 Å². The van der Waals surface area contributed by atoms with Gasteiger partial charge in [0, 0.05) is 13.1 Å². The summed E-state index contributed by atoms with van der Waals surface area (Å²) in [6.45, 7) is 8.85. The van der Waals surface area contributed by atoms with Crippen molar-refractivity contribution in [3.63, 3.8) is 0 Å². The third-order valence-corrected chi connectivity index (χ3v) is 3.10. The molecule has 0 aliphatic rings. The molecule has 2 aromatic heterocycles. The molecule has 4 nitrogen and oxygen atoms in total. The average Bonchev–Trinajstić information content (AvgIpc) is 2.85. The van der Waals surface area contributed by atoms with E-state index in [0.717, 1.165) is 36.1 Å². The number of hydrogen-bond donors (Lipinski definition) is 1. The van der Waals surface area contributed by atoms with Gasteiger partial charge in [-0.15, -0.1) is 0 Å². The van der Waals surface area contributed by atoms with E-state index in [4.69, 9.17) is 4.42 Å². The summed E-state index contributed by atoms with van der Waals surface area (Å²) in [6, 6.07) is 8.05. The average molecular weight is 259 g/mol. The Morgan fingerprint density at radius 2 is 1.95 bits per heavy atom. The van der Waals surface area contributed by atoms with Gasteiger partial charge >= 0.3 is 0 Å². The molecule has 2 heterocycles. The van der Waals surface area contributed by atoms with E-state index in [1.165, 1.54) is 0 Å². The van der Waals surface area contributed by atoms with Crippen molar-refractivity contribution in [2.75, 3.05) is 23.3 Å². The van der Waals surface area contributed by atoms with Crippen LogP contribution >= 0.6 is 0 Å². The summed E-state index contributed by atoms with van der Waals surface area (Å²) in [5.74, 6) is 2.89. The maximum Gasteiger partial charge on any atom is 0.128 e. The molecule has 0 fully saturated rings. The maximum absolute atomic E-state index is 5.51. The molecule has 0 spiro atoms. The molecule has 0 saturated carbocycles. The Labute approximate surface area is 114 Å². The highest BCUT2D eigenvalue weighted by Crippen LogP contribution is 2.15. The number of pyridine rings is 1. The smallest absolute Gasteiger partial charge is 0.128 e. The van der Waals surface area contributed by atoms with Crippen molar-refractivity contribution in [2.45, 2.75) is 27.3 Å². The van der Waals surface area contributed by atoms with Gasteiger partial charge in [-0.25, -0.2) is 4.98 Å². The van der Waals surface area contributed by atoms with E-state index in [9.17, 15) is 0 Å². The van der Waals surface area contributed by atoms with Crippen molar-refractivity contribution >= 4 is 11.5 Å². The minimum Gasteiger partial charge on any atom is -0.465 e. The van der Waals surface area contributed by atoms with Gasteiger partial charge in [-0.3, -0.25) is 0 Å². The number of aryl methyl sites for hydroxylation is 1. The van der Waals surface area contributed by atoms with Crippen LogP contribution in [0.25, 0.3) is 0 Å². The van der Waals surface area contributed by atoms with E-state index in [1.807, 2.05) is 31.3 Å². The van der Waals surface area contributed by atoms with Gasteiger partial charge in [-0.2, -0.15) is 0 Å². The lowest BCUT2D eigenvalue weighted by molar-refractivity contribution is 0.490. The standard InChI is InChI=1S/C15H21N3O/c1-4-18(5-2)15-9-7-13(10-17-15)16-11-14-8-6-12(3)19-14/h6-10,16H,4-5,11H2,1-3H3. The third kappa shape index (κ3) is 3.50. The Morgan fingerprint density at radius 3 is 2.47 bits per heavy atom. The molecule has 0 amide bonds. The van der Waals surface area contributed by atoms with Gasteiger partial charge < -0.3 is 14.6 Å². The Hall–Kier alpha value is -1.97. The van der Waals surface area contributed by atoms with Crippen LogP contribution in [0.2, 0.25) is 0 Å². The van der Waals surface area contributed by atoms with E-state index < -0.39 is 0 Å². The Morgan fingerprint density at radius 1 is 1.16 bits per heavy atom. The predicted molar refractivity (Wildman–Crippen MR) is 78.6 cm³/mol. The largest absolute Gasteiger partial charge is 0.465 e. The van der Waals surface area contributed by atoms with Gasteiger partial charge in [-0.1, -0.05) is 0 Å². The van der Waals surface area contributed by atoms with Crippen LogP contribution in [0.1, 0.15) is 25.4 Å². The fourth-order valence-corrected chi connectivity index (χ4v) is 1.99. The lowest BCUT2D eigenvalue weighted by Crippen LogP contribution is -2.22. The number of nitrogens with one attached hydrogen (secondary N) is 1. The fourth-order valence-electron chi connectivity index (χ4n) is 1.99. The molecule has 0 radical (unpaired) electrons. The van der Waals surface area contributed by atoms with Crippen LogP contribution in [-0.4, -0.2) is 18.1 Å². The molecule has 0 aromatic carbocycles. The van der Waals surface area contributed by atoms with E-state index >= 15 is 0 Å². The molecule has 2 aromatic rings. The molecule has 0 atom stereocenters. The van der Waals surface area contributed by atoms with Crippen LogP contribution in [0.5, 0.6) is 0 Å². The molecular weight excluding hydrogens is 238 g/mol. The highest BCUT2D eigenvalue weighted by molar-refractivity contribution is 5.48. The first-order chi connectivity index (χ1) is 9.22. The molecule has 1 N–H and O–H groups in total. The Bertz CT molecular complexity index is 500. The molecule has 0 aliphatic carbocycles. The van der Waals surface area contributed by atoms with Gasteiger partial charge in [0.25, 0.3) is 0 Å². The van der Waals surface area contributed by atoms with Gasteiger partial charge in [-0.05, 0) is 45.0 Å². The van der Waals surface area contributed by atoms with Crippen molar-refractivity contribution in [1.82, 2.24) is 4.98 Å². The molecule has 102 valence electrons. The zero-order valence-electron chi connectivity index (χ0n) is 11.8. The van der Waals surface area contributed by atoms with Crippen LogP contribution in [0.15, 0.2) is 34.9 Å². The van der Waals surface area contributed by atoms with Gasteiger partial charge in [0.15, 0.2) is 0 Å². The highest BCUT2D eigenvalue weighted by Gasteiger charge is 2.03.